The second kappa shape index (κ2) is 6.87. The monoisotopic (exact) mass is 343 g/mol. The Balaban J connectivity index is 1.52. The van der Waals surface area contributed by atoms with E-state index in [4.69, 9.17) is 9.26 Å². The molecule has 132 valence electrons. The molecule has 4 heterocycles. The predicted octanol–water partition coefficient (Wildman–Crippen LogP) is 2.04. The molecule has 2 saturated heterocycles. The van der Waals surface area contributed by atoms with Crippen LogP contribution < -0.4 is 0 Å². The van der Waals surface area contributed by atoms with E-state index < -0.39 is 0 Å². The summed E-state index contributed by atoms with van der Waals surface area (Å²) in [4.78, 5) is 27.5. The molecule has 2 aromatic heterocycles. The quantitative estimate of drug-likeness (QED) is 0.841. The molecule has 1 atom stereocenters. The highest BCUT2D eigenvalue weighted by Gasteiger charge is 2.35. The summed E-state index contributed by atoms with van der Waals surface area (Å²) < 4.78 is 10.9. The molecule has 8 nitrogen and oxygen atoms in total. The molecule has 1 amide bonds. The van der Waals surface area contributed by atoms with Crippen LogP contribution in [0.5, 0.6) is 0 Å². The summed E-state index contributed by atoms with van der Waals surface area (Å²) in [6.45, 7) is 3.97. The van der Waals surface area contributed by atoms with E-state index in [1.54, 1.807) is 11.1 Å². The van der Waals surface area contributed by atoms with Gasteiger partial charge in [0.05, 0.1) is 11.9 Å². The van der Waals surface area contributed by atoms with Crippen molar-refractivity contribution in [2.24, 2.45) is 0 Å². The number of rotatable bonds is 3. The number of amides is 1. The van der Waals surface area contributed by atoms with Crippen molar-refractivity contribution >= 4 is 5.91 Å². The summed E-state index contributed by atoms with van der Waals surface area (Å²) in [6.07, 6.45) is 6.67. The molecule has 0 saturated carbocycles. The van der Waals surface area contributed by atoms with Gasteiger partial charge in [0.1, 0.15) is 11.7 Å². The standard InChI is InChI=1S/C17H21N5O3/c1-11-9-19-13(10-18-11)17(23)22-6-2-3-14(22)16-20-15(21-25-16)12-4-7-24-8-5-12/h9-10,12,14H,2-8H2,1H3/t14-/m0/s1. The van der Waals surface area contributed by atoms with E-state index in [0.29, 0.717) is 18.1 Å². The van der Waals surface area contributed by atoms with Crippen LogP contribution in [0, 0.1) is 6.92 Å². The molecular weight excluding hydrogens is 322 g/mol. The fourth-order valence-corrected chi connectivity index (χ4v) is 3.42. The average Bonchev–Trinajstić information content (AvgIpc) is 3.32. The third-order valence-corrected chi connectivity index (χ3v) is 4.84. The lowest BCUT2D eigenvalue weighted by molar-refractivity contribution is 0.0703. The third kappa shape index (κ3) is 3.26. The predicted molar refractivity (Wildman–Crippen MR) is 86.9 cm³/mol. The largest absolute Gasteiger partial charge is 0.381 e. The van der Waals surface area contributed by atoms with E-state index in [9.17, 15) is 4.79 Å². The molecule has 0 spiro atoms. The summed E-state index contributed by atoms with van der Waals surface area (Å²) in [5, 5.41) is 4.15. The van der Waals surface area contributed by atoms with E-state index >= 15 is 0 Å². The normalized spacial score (nSPS) is 21.6. The maximum atomic E-state index is 12.8. The minimum atomic E-state index is -0.184. The van der Waals surface area contributed by atoms with Crippen LogP contribution in [0.1, 0.15) is 65.5 Å². The summed E-state index contributed by atoms with van der Waals surface area (Å²) in [5.41, 5.74) is 1.13. The van der Waals surface area contributed by atoms with Crippen LogP contribution in [0.4, 0.5) is 0 Å². The van der Waals surface area contributed by atoms with E-state index in [-0.39, 0.29) is 17.9 Å². The third-order valence-electron chi connectivity index (χ3n) is 4.84. The first-order valence-corrected chi connectivity index (χ1v) is 8.73. The van der Waals surface area contributed by atoms with Gasteiger partial charge in [-0.25, -0.2) is 4.98 Å². The van der Waals surface area contributed by atoms with Gasteiger partial charge in [-0.2, -0.15) is 4.98 Å². The summed E-state index contributed by atoms with van der Waals surface area (Å²) >= 11 is 0. The number of likely N-dealkylation sites (tertiary alicyclic amines) is 1. The van der Waals surface area contributed by atoms with Gasteiger partial charge in [0.15, 0.2) is 5.82 Å². The number of hydrogen-bond acceptors (Lipinski definition) is 7. The summed E-state index contributed by atoms with van der Waals surface area (Å²) in [7, 11) is 0. The van der Waals surface area contributed by atoms with E-state index in [1.165, 1.54) is 6.20 Å². The lowest BCUT2D eigenvalue weighted by atomic mass is 10.00. The highest BCUT2D eigenvalue weighted by molar-refractivity contribution is 5.92. The van der Waals surface area contributed by atoms with Gasteiger partial charge in [0.25, 0.3) is 5.91 Å². The van der Waals surface area contributed by atoms with Crippen molar-refractivity contribution in [1.82, 2.24) is 25.0 Å². The Kier molecular flexibility index (Phi) is 4.44. The van der Waals surface area contributed by atoms with Gasteiger partial charge in [-0.05, 0) is 32.6 Å². The van der Waals surface area contributed by atoms with Gasteiger partial charge in [-0.15, -0.1) is 0 Å². The topological polar surface area (TPSA) is 94.2 Å². The smallest absolute Gasteiger partial charge is 0.274 e. The molecular formula is C17H21N5O3. The molecule has 2 aromatic rings. The lowest BCUT2D eigenvalue weighted by Gasteiger charge is -2.21. The van der Waals surface area contributed by atoms with Crippen LogP contribution in [0.25, 0.3) is 0 Å². The first-order valence-electron chi connectivity index (χ1n) is 8.73. The molecule has 25 heavy (non-hydrogen) atoms. The highest BCUT2D eigenvalue weighted by Crippen LogP contribution is 2.33. The minimum absolute atomic E-state index is 0.138. The summed E-state index contributed by atoms with van der Waals surface area (Å²) in [5.74, 6) is 1.39. The van der Waals surface area contributed by atoms with E-state index in [2.05, 4.69) is 20.1 Å². The minimum Gasteiger partial charge on any atom is -0.381 e. The van der Waals surface area contributed by atoms with Crippen molar-refractivity contribution in [2.75, 3.05) is 19.8 Å². The maximum Gasteiger partial charge on any atom is 0.274 e. The molecule has 0 aromatic carbocycles. The second-order valence-corrected chi connectivity index (χ2v) is 6.58. The molecule has 0 aliphatic carbocycles. The molecule has 2 aliphatic heterocycles. The average molecular weight is 343 g/mol. The lowest BCUT2D eigenvalue weighted by Crippen LogP contribution is -2.31. The Labute approximate surface area is 145 Å². The Morgan fingerprint density at radius 2 is 2.04 bits per heavy atom. The van der Waals surface area contributed by atoms with Gasteiger partial charge in [0.2, 0.25) is 5.89 Å². The molecule has 8 heteroatoms. The zero-order valence-electron chi connectivity index (χ0n) is 14.2. The van der Waals surface area contributed by atoms with E-state index in [1.807, 2.05) is 6.92 Å². The van der Waals surface area contributed by atoms with Gasteiger partial charge < -0.3 is 14.2 Å². The molecule has 2 aliphatic rings. The van der Waals surface area contributed by atoms with E-state index in [0.717, 1.165) is 50.4 Å². The number of aromatic nitrogens is 4. The molecule has 2 fully saturated rings. The second-order valence-electron chi connectivity index (χ2n) is 6.58. The van der Waals surface area contributed by atoms with Crippen molar-refractivity contribution in [3.05, 3.63) is 35.5 Å². The SMILES string of the molecule is Cc1cnc(C(=O)N2CCC[C@H]2c2nc(C3CCOCC3)no2)cn1. The number of aryl methyl sites for hydroxylation is 1. The van der Waals surface area contributed by atoms with Crippen LogP contribution in [0.15, 0.2) is 16.9 Å². The number of carbonyl (C=O) groups excluding carboxylic acids is 1. The van der Waals surface area contributed by atoms with Crippen molar-refractivity contribution in [3.8, 4) is 0 Å². The first-order chi connectivity index (χ1) is 12.2. The van der Waals surface area contributed by atoms with Crippen LogP contribution in [0.2, 0.25) is 0 Å². The van der Waals surface area contributed by atoms with Gasteiger partial charge >= 0.3 is 0 Å². The molecule has 4 rings (SSSR count). The molecule has 0 unspecified atom stereocenters. The van der Waals surface area contributed by atoms with Crippen LogP contribution >= 0.6 is 0 Å². The van der Waals surface area contributed by atoms with Gasteiger partial charge in [-0.3, -0.25) is 9.78 Å². The Bertz CT molecular complexity index is 739. The van der Waals surface area contributed by atoms with Crippen LogP contribution in [-0.4, -0.2) is 50.7 Å². The van der Waals surface area contributed by atoms with Crippen molar-refractivity contribution < 1.29 is 14.1 Å². The number of carbonyl (C=O) groups is 1. The first kappa shape index (κ1) is 16.1. The number of ether oxygens (including phenoxy) is 1. The van der Waals surface area contributed by atoms with Crippen LogP contribution in [0.3, 0.4) is 0 Å². The van der Waals surface area contributed by atoms with Crippen LogP contribution in [-0.2, 0) is 4.74 Å². The Morgan fingerprint density at radius 3 is 2.80 bits per heavy atom. The highest BCUT2D eigenvalue weighted by atomic mass is 16.5. The Hall–Kier alpha value is -2.35. The fraction of sp³-hybridized carbons (Fsp3) is 0.588. The summed E-state index contributed by atoms with van der Waals surface area (Å²) in [6, 6.07) is -0.184. The van der Waals surface area contributed by atoms with Gasteiger partial charge in [0, 0.05) is 31.9 Å². The zero-order valence-corrected chi connectivity index (χ0v) is 14.2. The Morgan fingerprint density at radius 1 is 1.20 bits per heavy atom. The molecule has 0 radical (unpaired) electrons. The number of hydrogen-bond donors (Lipinski definition) is 0. The van der Waals surface area contributed by atoms with Crippen molar-refractivity contribution in [3.63, 3.8) is 0 Å². The number of nitrogens with zero attached hydrogens (tertiary/aromatic N) is 5. The fourth-order valence-electron chi connectivity index (χ4n) is 3.42. The van der Waals surface area contributed by atoms with Gasteiger partial charge in [-0.1, -0.05) is 5.16 Å². The maximum absolute atomic E-state index is 12.8. The molecule has 0 N–H and O–H groups in total. The zero-order chi connectivity index (χ0) is 17.2. The molecule has 0 bridgehead atoms. The van der Waals surface area contributed by atoms with Crippen molar-refractivity contribution in [1.29, 1.82) is 0 Å². The van der Waals surface area contributed by atoms with Crippen molar-refractivity contribution in [2.45, 2.75) is 44.6 Å².